The maximum atomic E-state index is 10.6. The third kappa shape index (κ3) is 10.7. The number of halogens is 2. The second-order valence-corrected chi connectivity index (χ2v) is 8.38. The molecule has 1 N–H and O–H groups in total. The van der Waals surface area contributed by atoms with Crippen molar-refractivity contribution in [1.29, 1.82) is 0 Å². The molecule has 0 aromatic heterocycles. The Morgan fingerprint density at radius 1 is 1.17 bits per heavy atom. The van der Waals surface area contributed by atoms with Gasteiger partial charge in [-0.1, -0.05) is 50.8 Å². The second kappa shape index (κ2) is 14.4. The molecule has 1 fully saturated rings. The van der Waals surface area contributed by atoms with Crippen molar-refractivity contribution in [1.82, 2.24) is 4.90 Å². The monoisotopic (exact) mass is 436 g/mol. The van der Waals surface area contributed by atoms with Crippen LogP contribution in [-0.2, 0) is 0 Å². The zero-order valence-electron chi connectivity index (χ0n) is 18.1. The zero-order valence-corrected chi connectivity index (χ0v) is 19.6. The molecule has 29 heavy (non-hydrogen) atoms. The van der Waals surface area contributed by atoms with Gasteiger partial charge < -0.3 is 10.2 Å². The number of benzene rings is 2. The first kappa shape index (κ1) is 25.5. The largest absolute Gasteiger partial charge is 0.355 e. The number of rotatable bonds is 5. The summed E-state index contributed by atoms with van der Waals surface area (Å²) < 4.78 is 0. The molecule has 160 valence electrons. The summed E-state index contributed by atoms with van der Waals surface area (Å²) in [7, 11) is 2.10. The molecule has 0 saturated carbocycles. The fourth-order valence-corrected chi connectivity index (χ4v) is 3.38. The van der Waals surface area contributed by atoms with E-state index in [0.717, 1.165) is 36.2 Å². The van der Waals surface area contributed by atoms with Crippen LogP contribution in [0.2, 0.25) is 5.02 Å². The summed E-state index contributed by atoms with van der Waals surface area (Å²) >= 11 is 11.7. The topological polar surface area (TPSA) is 32.3 Å². The molecule has 0 radical (unpaired) electrons. The van der Waals surface area contributed by atoms with Crippen molar-refractivity contribution in [3.63, 3.8) is 0 Å². The van der Waals surface area contributed by atoms with Crippen molar-refractivity contribution >= 4 is 40.9 Å². The highest BCUT2D eigenvalue weighted by Gasteiger charge is 2.15. The number of anilines is 2. The summed E-state index contributed by atoms with van der Waals surface area (Å²) in [6.07, 6.45) is 6.08. The molecule has 0 amide bonds. The van der Waals surface area contributed by atoms with Crippen LogP contribution >= 0.6 is 23.2 Å². The number of unbranched alkanes of at least 4 members (excludes halogenated alkanes) is 2. The third-order valence-corrected chi connectivity index (χ3v) is 5.12. The van der Waals surface area contributed by atoms with Crippen LogP contribution in [-0.4, -0.2) is 36.7 Å². The van der Waals surface area contributed by atoms with Crippen molar-refractivity contribution in [2.45, 2.75) is 51.8 Å². The van der Waals surface area contributed by atoms with E-state index in [1.54, 1.807) is 6.07 Å². The van der Waals surface area contributed by atoms with E-state index in [0.29, 0.717) is 16.0 Å². The van der Waals surface area contributed by atoms with Crippen molar-refractivity contribution < 1.29 is 4.79 Å². The molecule has 3 nitrogen and oxygen atoms in total. The van der Waals surface area contributed by atoms with Crippen molar-refractivity contribution in [3.8, 4) is 0 Å². The fraction of sp³-hybridized carbons (Fsp3) is 0.458. The first-order chi connectivity index (χ1) is 13.9. The Hall–Kier alpha value is -1.55. The number of hydrogen-bond acceptors (Lipinski definition) is 3. The average molecular weight is 437 g/mol. The third-order valence-electron chi connectivity index (χ3n) is 4.53. The Kier molecular flexibility index (Phi) is 12.7. The second-order valence-electron chi connectivity index (χ2n) is 7.33. The number of likely N-dealkylation sites (tertiary alicyclic amines) is 1. The smallest absolute Gasteiger partial charge is 0.150 e. The normalized spacial score (nSPS) is 15.6. The number of aldehydes is 1. The molecule has 5 heteroatoms. The molecular formula is C24H34Cl2N2O. The standard InChI is InChI=1S/C14H12ClNO.C5H10ClN.C5H12/c1-10-7-11(9-17)5-6-14(10)16-13-4-2-3-12(15)8-13;1-7-3-2-5(6)4-7;1-3-5-4-2/h2-9,16H,1H3;5H,2-4H2,1H3;3-5H2,1-2H3. The quantitative estimate of drug-likeness (QED) is 0.393. The van der Waals surface area contributed by atoms with E-state index in [1.807, 2.05) is 43.3 Å². The molecule has 2 aromatic rings. The lowest BCUT2D eigenvalue weighted by Gasteiger charge is -2.10. The minimum atomic E-state index is 0.421. The van der Waals surface area contributed by atoms with E-state index in [2.05, 4.69) is 31.1 Å². The van der Waals surface area contributed by atoms with Gasteiger partial charge in [0.2, 0.25) is 0 Å². The van der Waals surface area contributed by atoms with E-state index in [-0.39, 0.29) is 0 Å². The molecule has 1 aliphatic heterocycles. The molecule has 0 spiro atoms. The summed E-state index contributed by atoms with van der Waals surface area (Å²) in [6, 6.07) is 13.0. The Morgan fingerprint density at radius 2 is 1.90 bits per heavy atom. The summed E-state index contributed by atoms with van der Waals surface area (Å²) in [6.45, 7) is 8.63. The SMILES string of the molecule is CCCCC.CN1CCC(Cl)C1.Cc1cc(C=O)ccc1Nc1cccc(Cl)c1. The molecular weight excluding hydrogens is 403 g/mol. The Bertz CT molecular complexity index is 727. The molecule has 3 rings (SSSR count). The van der Waals surface area contributed by atoms with Crippen LogP contribution < -0.4 is 5.32 Å². The van der Waals surface area contributed by atoms with Gasteiger partial charge in [0.25, 0.3) is 0 Å². The van der Waals surface area contributed by atoms with Crippen molar-refractivity contribution in [3.05, 3.63) is 58.6 Å². The first-order valence-corrected chi connectivity index (χ1v) is 11.1. The van der Waals surface area contributed by atoms with E-state index in [4.69, 9.17) is 23.2 Å². The van der Waals surface area contributed by atoms with Gasteiger partial charge >= 0.3 is 0 Å². The van der Waals surface area contributed by atoms with E-state index in [9.17, 15) is 4.79 Å². The van der Waals surface area contributed by atoms with Crippen LogP contribution in [0.3, 0.4) is 0 Å². The molecule has 2 aromatic carbocycles. The maximum Gasteiger partial charge on any atom is 0.150 e. The molecule has 1 aliphatic rings. The summed E-state index contributed by atoms with van der Waals surface area (Å²) in [5, 5.41) is 4.38. The summed E-state index contributed by atoms with van der Waals surface area (Å²) in [4.78, 5) is 12.9. The summed E-state index contributed by atoms with van der Waals surface area (Å²) in [5.74, 6) is 0. The molecule has 1 unspecified atom stereocenters. The molecule has 1 heterocycles. The number of nitrogens with one attached hydrogen (secondary N) is 1. The van der Waals surface area contributed by atoms with Gasteiger partial charge in [0.1, 0.15) is 6.29 Å². The van der Waals surface area contributed by atoms with Gasteiger partial charge in [-0.15, -0.1) is 11.6 Å². The van der Waals surface area contributed by atoms with Crippen LogP contribution in [0.5, 0.6) is 0 Å². The van der Waals surface area contributed by atoms with Gasteiger partial charge in [0.15, 0.2) is 0 Å². The van der Waals surface area contributed by atoms with Crippen molar-refractivity contribution in [2.75, 3.05) is 25.5 Å². The molecule has 1 saturated heterocycles. The molecule has 0 bridgehead atoms. The van der Waals surface area contributed by atoms with Gasteiger partial charge in [-0.25, -0.2) is 0 Å². The van der Waals surface area contributed by atoms with Gasteiger partial charge in [-0.05, 0) is 68.9 Å². The van der Waals surface area contributed by atoms with Gasteiger partial charge in [-0.2, -0.15) is 0 Å². The minimum absolute atomic E-state index is 0.421. The predicted octanol–water partition coefficient (Wildman–Crippen LogP) is 7.33. The lowest BCUT2D eigenvalue weighted by atomic mass is 10.1. The van der Waals surface area contributed by atoms with Crippen LogP contribution in [0, 0.1) is 6.92 Å². The number of carbonyl (C=O) groups is 1. The lowest BCUT2D eigenvalue weighted by molar-refractivity contribution is 0.112. The highest BCUT2D eigenvalue weighted by Crippen LogP contribution is 2.23. The lowest BCUT2D eigenvalue weighted by Crippen LogP contribution is -2.13. The van der Waals surface area contributed by atoms with E-state index in [1.165, 1.54) is 25.8 Å². The maximum absolute atomic E-state index is 10.6. The fourth-order valence-electron chi connectivity index (χ4n) is 2.86. The van der Waals surface area contributed by atoms with Gasteiger partial charge in [0, 0.05) is 33.9 Å². The number of carbonyl (C=O) groups excluding carboxylic acids is 1. The van der Waals surface area contributed by atoms with Crippen LogP contribution in [0.1, 0.15) is 55.5 Å². The number of nitrogens with zero attached hydrogens (tertiary/aromatic N) is 1. The highest BCUT2D eigenvalue weighted by molar-refractivity contribution is 6.30. The van der Waals surface area contributed by atoms with Crippen LogP contribution in [0.15, 0.2) is 42.5 Å². The molecule has 1 atom stereocenters. The first-order valence-electron chi connectivity index (χ1n) is 10.3. The highest BCUT2D eigenvalue weighted by atomic mass is 35.5. The van der Waals surface area contributed by atoms with Gasteiger partial charge in [-0.3, -0.25) is 4.79 Å². The van der Waals surface area contributed by atoms with E-state index >= 15 is 0 Å². The Balaban J connectivity index is 0.000000288. The molecule has 0 aliphatic carbocycles. The van der Waals surface area contributed by atoms with Crippen LogP contribution in [0.25, 0.3) is 0 Å². The zero-order chi connectivity index (χ0) is 21.6. The Morgan fingerprint density at radius 3 is 2.31 bits per heavy atom. The predicted molar refractivity (Wildman–Crippen MR) is 128 cm³/mol. The van der Waals surface area contributed by atoms with Gasteiger partial charge in [0.05, 0.1) is 0 Å². The van der Waals surface area contributed by atoms with Crippen molar-refractivity contribution in [2.24, 2.45) is 0 Å². The number of aryl methyl sites for hydroxylation is 1. The minimum Gasteiger partial charge on any atom is -0.355 e. The number of hydrogen-bond donors (Lipinski definition) is 1. The Labute approximate surface area is 186 Å². The van der Waals surface area contributed by atoms with E-state index < -0.39 is 0 Å². The van der Waals surface area contributed by atoms with Crippen LogP contribution in [0.4, 0.5) is 11.4 Å². The summed E-state index contributed by atoms with van der Waals surface area (Å²) in [5.41, 5.74) is 3.60. The average Bonchev–Trinajstić information content (AvgIpc) is 3.08. The number of alkyl halides is 1.